The van der Waals surface area contributed by atoms with Crippen LogP contribution in [0, 0.1) is 5.92 Å². The molecule has 0 unspecified atom stereocenters. The van der Waals surface area contributed by atoms with Crippen LogP contribution in [0.4, 0.5) is 0 Å². The van der Waals surface area contributed by atoms with Crippen molar-refractivity contribution in [3.63, 3.8) is 0 Å². The van der Waals surface area contributed by atoms with Gasteiger partial charge in [-0.3, -0.25) is 0 Å². The Morgan fingerprint density at radius 2 is 1.58 bits per heavy atom. The van der Waals surface area contributed by atoms with Crippen LogP contribution < -0.4 is 0 Å². The van der Waals surface area contributed by atoms with Gasteiger partial charge in [-0.05, 0) is 36.0 Å². The van der Waals surface area contributed by atoms with E-state index in [-0.39, 0.29) is 11.9 Å². The maximum absolute atomic E-state index is 12.3. The lowest BCUT2D eigenvalue weighted by molar-refractivity contribution is -0.188. The number of hydrogen-bond acceptors (Lipinski definition) is 3. The largest absolute Gasteiger partial charge is 0.367 e. The SMILES string of the molecule is CC(C)Cc1ccc([C@H](C)C(=O)ON(C)Cc2ccccc2)cc1. The summed E-state index contributed by atoms with van der Waals surface area (Å²) in [6.07, 6.45) is 1.05. The molecule has 2 aromatic rings. The van der Waals surface area contributed by atoms with Crippen molar-refractivity contribution >= 4 is 5.97 Å². The van der Waals surface area contributed by atoms with E-state index in [4.69, 9.17) is 4.84 Å². The number of hydrogen-bond donors (Lipinski definition) is 0. The van der Waals surface area contributed by atoms with Gasteiger partial charge in [-0.1, -0.05) is 68.4 Å². The standard InChI is InChI=1S/C21H27NO2/c1-16(2)14-18-10-12-20(13-11-18)17(3)21(23)24-22(4)15-19-8-6-5-7-9-19/h5-13,16-17H,14-15H2,1-4H3/t17-/m0/s1. The second-order valence-electron chi connectivity index (χ2n) is 6.74. The second kappa shape index (κ2) is 8.65. The van der Waals surface area contributed by atoms with Crippen LogP contribution in [0.2, 0.25) is 0 Å². The average Bonchev–Trinajstić information content (AvgIpc) is 2.55. The molecule has 0 aliphatic carbocycles. The minimum Gasteiger partial charge on any atom is -0.367 e. The van der Waals surface area contributed by atoms with Crippen molar-refractivity contribution in [1.29, 1.82) is 0 Å². The third kappa shape index (κ3) is 5.50. The fourth-order valence-electron chi connectivity index (χ4n) is 2.66. The van der Waals surface area contributed by atoms with E-state index >= 15 is 0 Å². The predicted octanol–water partition coefficient (Wildman–Crippen LogP) is 4.58. The highest BCUT2D eigenvalue weighted by Gasteiger charge is 2.19. The zero-order chi connectivity index (χ0) is 17.5. The fraction of sp³-hybridized carbons (Fsp3) is 0.381. The molecule has 0 amide bonds. The molecule has 1 atom stereocenters. The average molecular weight is 325 g/mol. The van der Waals surface area contributed by atoms with E-state index in [1.807, 2.05) is 49.4 Å². The number of carbonyl (C=O) groups excluding carboxylic acids is 1. The number of nitrogens with zero attached hydrogens (tertiary/aromatic N) is 1. The van der Waals surface area contributed by atoms with Crippen LogP contribution in [0.25, 0.3) is 0 Å². The molecule has 0 aliphatic rings. The van der Waals surface area contributed by atoms with Gasteiger partial charge in [0.25, 0.3) is 0 Å². The molecule has 0 saturated carbocycles. The van der Waals surface area contributed by atoms with Gasteiger partial charge < -0.3 is 4.84 Å². The summed E-state index contributed by atoms with van der Waals surface area (Å²) in [6, 6.07) is 18.2. The van der Waals surface area contributed by atoms with Gasteiger partial charge in [0.2, 0.25) is 0 Å². The molecule has 2 aromatic carbocycles. The Labute approximate surface area is 145 Å². The molecule has 24 heavy (non-hydrogen) atoms. The number of benzene rings is 2. The first-order chi connectivity index (χ1) is 11.5. The van der Waals surface area contributed by atoms with Crippen LogP contribution in [0.1, 0.15) is 43.4 Å². The molecule has 0 spiro atoms. The van der Waals surface area contributed by atoms with Gasteiger partial charge in [-0.2, -0.15) is 0 Å². The molecule has 0 radical (unpaired) electrons. The second-order valence-corrected chi connectivity index (χ2v) is 6.74. The summed E-state index contributed by atoms with van der Waals surface area (Å²) in [5.41, 5.74) is 3.40. The van der Waals surface area contributed by atoms with Crippen LogP contribution in [0.5, 0.6) is 0 Å². The molecular weight excluding hydrogens is 298 g/mol. The Hall–Kier alpha value is -2.13. The molecule has 2 rings (SSSR count). The Balaban J connectivity index is 1.91. The van der Waals surface area contributed by atoms with Gasteiger partial charge in [0, 0.05) is 7.05 Å². The summed E-state index contributed by atoms with van der Waals surface area (Å²) < 4.78 is 0. The van der Waals surface area contributed by atoms with Gasteiger partial charge >= 0.3 is 5.97 Å². The molecule has 3 heteroatoms. The minimum atomic E-state index is -0.281. The first-order valence-electron chi connectivity index (χ1n) is 8.51. The predicted molar refractivity (Wildman–Crippen MR) is 97.4 cm³/mol. The lowest BCUT2D eigenvalue weighted by atomic mass is 9.97. The summed E-state index contributed by atoms with van der Waals surface area (Å²) in [5, 5.41) is 1.58. The third-order valence-corrected chi connectivity index (χ3v) is 3.97. The molecule has 0 fully saturated rings. The van der Waals surface area contributed by atoms with E-state index in [9.17, 15) is 4.79 Å². The fourth-order valence-corrected chi connectivity index (χ4v) is 2.66. The summed E-state index contributed by atoms with van der Waals surface area (Å²) in [6.45, 7) is 6.87. The summed E-state index contributed by atoms with van der Waals surface area (Å²) in [7, 11) is 1.78. The van der Waals surface area contributed by atoms with E-state index in [0.717, 1.165) is 17.5 Å². The zero-order valence-corrected chi connectivity index (χ0v) is 15.0. The van der Waals surface area contributed by atoms with Gasteiger partial charge in [0.1, 0.15) is 0 Å². The van der Waals surface area contributed by atoms with Gasteiger partial charge in [0.05, 0.1) is 12.5 Å². The number of hydroxylamine groups is 2. The number of carbonyl (C=O) groups is 1. The quantitative estimate of drug-likeness (QED) is 0.698. The van der Waals surface area contributed by atoms with Crippen molar-refractivity contribution < 1.29 is 9.63 Å². The third-order valence-electron chi connectivity index (χ3n) is 3.97. The Kier molecular flexibility index (Phi) is 6.56. The molecular formula is C21H27NO2. The first-order valence-corrected chi connectivity index (χ1v) is 8.51. The van der Waals surface area contributed by atoms with E-state index in [1.54, 1.807) is 12.1 Å². The molecule has 3 nitrogen and oxygen atoms in total. The van der Waals surface area contributed by atoms with Crippen LogP contribution in [0.15, 0.2) is 54.6 Å². The van der Waals surface area contributed by atoms with Crippen molar-refractivity contribution in [2.24, 2.45) is 5.92 Å². The smallest absolute Gasteiger partial charge is 0.332 e. The monoisotopic (exact) mass is 325 g/mol. The topological polar surface area (TPSA) is 29.5 Å². The van der Waals surface area contributed by atoms with E-state index in [0.29, 0.717) is 12.5 Å². The van der Waals surface area contributed by atoms with Crippen LogP contribution in [-0.2, 0) is 22.6 Å². The maximum atomic E-state index is 12.3. The van der Waals surface area contributed by atoms with Crippen molar-refractivity contribution in [3.8, 4) is 0 Å². The van der Waals surface area contributed by atoms with Gasteiger partial charge in [-0.25, -0.2) is 4.79 Å². The lowest BCUT2D eigenvalue weighted by Crippen LogP contribution is -2.25. The number of rotatable bonds is 7. The Morgan fingerprint density at radius 3 is 2.17 bits per heavy atom. The lowest BCUT2D eigenvalue weighted by Gasteiger charge is -2.19. The van der Waals surface area contributed by atoms with E-state index < -0.39 is 0 Å². The molecule has 0 saturated heterocycles. The molecule has 0 N–H and O–H groups in total. The van der Waals surface area contributed by atoms with Gasteiger partial charge in [-0.15, -0.1) is 5.06 Å². The minimum absolute atomic E-state index is 0.231. The van der Waals surface area contributed by atoms with Crippen LogP contribution >= 0.6 is 0 Å². The summed E-state index contributed by atoms with van der Waals surface area (Å²) in [5.74, 6) is 0.117. The zero-order valence-electron chi connectivity index (χ0n) is 15.0. The molecule has 0 bridgehead atoms. The normalized spacial score (nSPS) is 12.4. The highest BCUT2D eigenvalue weighted by atomic mass is 16.7. The first kappa shape index (κ1) is 18.2. The van der Waals surface area contributed by atoms with E-state index in [1.165, 1.54) is 5.56 Å². The highest BCUT2D eigenvalue weighted by Crippen LogP contribution is 2.19. The molecule has 128 valence electrons. The maximum Gasteiger partial charge on any atom is 0.332 e. The molecule has 0 heterocycles. The Morgan fingerprint density at radius 1 is 0.958 bits per heavy atom. The van der Waals surface area contributed by atoms with Crippen LogP contribution in [-0.4, -0.2) is 18.1 Å². The summed E-state index contributed by atoms with van der Waals surface area (Å²) in [4.78, 5) is 17.8. The molecule has 0 aliphatic heterocycles. The van der Waals surface area contributed by atoms with E-state index in [2.05, 4.69) is 26.0 Å². The highest BCUT2D eigenvalue weighted by molar-refractivity contribution is 5.77. The van der Waals surface area contributed by atoms with Crippen molar-refractivity contribution in [1.82, 2.24) is 5.06 Å². The van der Waals surface area contributed by atoms with Crippen LogP contribution in [0.3, 0.4) is 0 Å². The summed E-state index contributed by atoms with van der Waals surface area (Å²) >= 11 is 0. The van der Waals surface area contributed by atoms with Crippen molar-refractivity contribution in [2.75, 3.05) is 7.05 Å². The van der Waals surface area contributed by atoms with Crippen molar-refractivity contribution in [3.05, 3.63) is 71.3 Å². The van der Waals surface area contributed by atoms with Crippen molar-refractivity contribution in [2.45, 2.75) is 39.7 Å². The van der Waals surface area contributed by atoms with Gasteiger partial charge in [0.15, 0.2) is 0 Å². The Bertz CT molecular complexity index is 635. The molecule has 0 aromatic heterocycles.